The lowest BCUT2D eigenvalue weighted by atomic mass is 10.0. The zero-order valence-electron chi connectivity index (χ0n) is 13.0. The maximum absolute atomic E-state index is 12.6. The normalized spacial score (nSPS) is 13.9. The van der Waals surface area contributed by atoms with Gasteiger partial charge in [0.15, 0.2) is 0 Å². The topological polar surface area (TPSA) is 46.2 Å². The molecule has 0 bridgehead atoms. The van der Waals surface area contributed by atoms with Gasteiger partial charge in [0.1, 0.15) is 0 Å². The van der Waals surface area contributed by atoms with Crippen LogP contribution in [0.4, 0.5) is 0 Å². The van der Waals surface area contributed by atoms with Crippen LogP contribution in [0.1, 0.15) is 43.0 Å². The van der Waals surface area contributed by atoms with Crippen molar-refractivity contribution < 1.29 is 8.42 Å². The molecule has 1 aromatic carbocycles. The Morgan fingerprint density at radius 2 is 1.37 bits per heavy atom. The maximum atomic E-state index is 12.6. The van der Waals surface area contributed by atoms with Gasteiger partial charge < -0.3 is 0 Å². The third-order valence-electron chi connectivity index (χ3n) is 3.91. The first-order valence-electron chi connectivity index (χ1n) is 6.67. The summed E-state index contributed by atoms with van der Waals surface area (Å²) in [6, 6.07) is 1.96. The zero-order chi connectivity index (χ0) is 15.0. The quantitative estimate of drug-likeness (QED) is 0.922. The first-order chi connectivity index (χ1) is 8.58. The molecule has 0 aliphatic carbocycles. The molecule has 1 N–H and O–H groups in total. The second-order valence-electron chi connectivity index (χ2n) is 5.74. The molecule has 0 radical (unpaired) electrons. The van der Waals surface area contributed by atoms with Crippen LogP contribution in [0, 0.1) is 33.6 Å². The average Bonchev–Trinajstić information content (AvgIpc) is 2.25. The van der Waals surface area contributed by atoms with Crippen LogP contribution >= 0.6 is 0 Å². The Morgan fingerprint density at radius 1 is 0.947 bits per heavy atom. The summed E-state index contributed by atoms with van der Waals surface area (Å²) in [7, 11) is -3.46. The molecule has 108 valence electrons. The van der Waals surface area contributed by atoms with E-state index in [0.29, 0.717) is 4.90 Å². The SMILES string of the molecule is Cc1cc(C)c(C)c(S(=O)(=O)N[C@H](C)C(C)C)c1C. The van der Waals surface area contributed by atoms with Crippen LogP contribution in [0.5, 0.6) is 0 Å². The van der Waals surface area contributed by atoms with Crippen molar-refractivity contribution in [3.05, 3.63) is 28.3 Å². The van der Waals surface area contributed by atoms with Gasteiger partial charge in [-0.25, -0.2) is 13.1 Å². The highest BCUT2D eigenvalue weighted by Crippen LogP contribution is 2.26. The molecular formula is C15H25NO2S. The Hall–Kier alpha value is -0.870. The molecular weight excluding hydrogens is 258 g/mol. The van der Waals surface area contributed by atoms with E-state index in [1.807, 2.05) is 54.5 Å². The number of rotatable bonds is 4. The van der Waals surface area contributed by atoms with Gasteiger partial charge in [0.05, 0.1) is 4.90 Å². The van der Waals surface area contributed by atoms with E-state index in [1.54, 1.807) is 0 Å². The first kappa shape index (κ1) is 16.2. The van der Waals surface area contributed by atoms with Gasteiger partial charge >= 0.3 is 0 Å². The van der Waals surface area contributed by atoms with Crippen molar-refractivity contribution in [1.82, 2.24) is 4.72 Å². The van der Waals surface area contributed by atoms with Crippen LogP contribution in [0.15, 0.2) is 11.0 Å². The molecule has 0 spiro atoms. The minimum absolute atomic E-state index is 0.0791. The van der Waals surface area contributed by atoms with Crippen LogP contribution < -0.4 is 4.72 Å². The predicted molar refractivity (Wildman–Crippen MR) is 80.0 cm³/mol. The predicted octanol–water partition coefficient (Wildman–Crippen LogP) is 3.24. The Balaban J connectivity index is 3.37. The van der Waals surface area contributed by atoms with Gasteiger partial charge in [0.2, 0.25) is 10.0 Å². The molecule has 1 aromatic rings. The minimum Gasteiger partial charge on any atom is -0.208 e. The van der Waals surface area contributed by atoms with E-state index in [-0.39, 0.29) is 12.0 Å². The zero-order valence-corrected chi connectivity index (χ0v) is 13.8. The summed E-state index contributed by atoms with van der Waals surface area (Å²) in [5, 5.41) is 0. The van der Waals surface area contributed by atoms with Crippen LogP contribution in [-0.4, -0.2) is 14.5 Å². The van der Waals surface area contributed by atoms with Gasteiger partial charge in [-0.1, -0.05) is 19.9 Å². The lowest BCUT2D eigenvalue weighted by Gasteiger charge is -2.21. The third-order valence-corrected chi connectivity index (χ3v) is 5.74. The van der Waals surface area contributed by atoms with Crippen molar-refractivity contribution in [3.8, 4) is 0 Å². The van der Waals surface area contributed by atoms with Crippen LogP contribution in [0.3, 0.4) is 0 Å². The third kappa shape index (κ3) is 3.37. The van der Waals surface area contributed by atoms with Crippen LogP contribution in [0.25, 0.3) is 0 Å². The van der Waals surface area contributed by atoms with Crippen molar-refractivity contribution in [2.45, 2.75) is 59.4 Å². The van der Waals surface area contributed by atoms with E-state index in [4.69, 9.17) is 0 Å². The summed E-state index contributed by atoms with van der Waals surface area (Å²) < 4.78 is 27.9. The van der Waals surface area contributed by atoms with E-state index in [1.165, 1.54) is 0 Å². The number of nitrogens with one attached hydrogen (secondary N) is 1. The smallest absolute Gasteiger partial charge is 0.208 e. The fourth-order valence-electron chi connectivity index (χ4n) is 2.02. The van der Waals surface area contributed by atoms with Gasteiger partial charge in [-0.3, -0.25) is 0 Å². The van der Waals surface area contributed by atoms with E-state index in [2.05, 4.69) is 4.72 Å². The van der Waals surface area contributed by atoms with Gasteiger partial charge in [0.25, 0.3) is 0 Å². The second kappa shape index (κ2) is 5.63. The first-order valence-corrected chi connectivity index (χ1v) is 8.16. The Labute approximate surface area is 117 Å². The average molecular weight is 283 g/mol. The Morgan fingerprint density at radius 3 is 1.74 bits per heavy atom. The number of hydrogen-bond acceptors (Lipinski definition) is 2. The van der Waals surface area contributed by atoms with Gasteiger partial charge in [-0.15, -0.1) is 0 Å². The Kier molecular flexibility index (Phi) is 4.80. The van der Waals surface area contributed by atoms with Gasteiger partial charge in [0, 0.05) is 6.04 Å². The molecule has 0 aromatic heterocycles. The Bertz CT molecular complexity index is 548. The summed E-state index contributed by atoms with van der Waals surface area (Å²) in [6.45, 7) is 13.6. The van der Waals surface area contributed by atoms with Crippen molar-refractivity contribution in [1.29, 1.82) is 0 Å². The van der Waals surface area contributed by atoms with Crippen molar-refractivity contribution in [2.24, 2.45) is 5.92 Å². The van der Waals surface area contributed by atoms with Crippen LogP contribution in [-0.2, 0) is 10.0 Å². The van der Waals surface area contributed by atoms with E-state index in [9.17, 15) is 8.42 Å². The minimum atomic E-state index is -3.46. The highest BCUT2D eigenvalue weighted by atomic mass is 32.2. The summed E-state index contributed by atoms with van der Waals surface area (Å²) in [4.78, 5) is 0.442. The summed E-state index contributed by atoms with van der Waals surface area (Å²) in [5.41, 5.74) is 3.71. The summed E-state index contributed by atoms with van der Waals surface area (Å²) in [6.07, 6.45) is 0. The molecule has 0 aliphatic heterocycles. The van der Waals surface area contributed by atoms with E-state index in [0.717, 1.165) is 22.3 Å². The molecule has 3 nitrogen and oxygen atoms in total. The van der Waals surface area contributed by atoms with Crippen LogP contribution in [0.2, 0.25) is 0 Å². The number of hydrogen-bond donors (Lipinski definition) is 1. The van der Waals surface area contributed by atoms with E-state index < -0.39 is 10.0 Å². The second-order valence-corrected chi connectivity index (χ2v) is 7.39. The lowest BCUT2D eigenvalue weighted by Crippen LogP contribution is -2.36. The molecule has 1 atom stereocenters. The van der Waals surface area contributed by atoms with Crippen molar-refractivity contribution in [2.75, 3.05) is 0 Å². The molecule has 0 aliphatic rings. The molecule has 0 saturated carbocycles. The highest BCUT2D eigenvalue weighted by molar-refractivity contribution is 7.89. The molecule has 0 heterocycles. The van der Waals surface area contributed by atoms with Gasteiger partial charge in [-0.2, -0.15) is 0 Å². The number of sulfonamides is 1. The molecule has 19 heavy (non-hydrogen) atoms. The summed E-state index contributed by atoms with van der Waals surface area (Å²) >= 11 is 0. The molecule has 0 saturated heterocycles. The monoisotopic (exact) mass is 283 g/mol. The molecule has 0 unspecified atom stereocenters. The molecule has 0 amide bonds. The summed E-state index contributed by atoms with van der Waals surface area (Å²) in [5.74, 6) is 0.265. The van der Waals surface area contributed by atoms with Crippen molar-refractivity contribution in [3.63, 3.8) is 0 Å². The highest BCUT2D eigenvalue weighted by Gasteiger charge is 2.24. The molecule has 0 fully saturated rings. The largest absolute Gasteiger partial charge is 0.241 e. The molecule has 1 rings (SSSR count). The fourth-order valence-corrected chi connectivity index (χ4v) is 4.03. The number of benzene rings is 1. The number of aryl methyl sites for hydroxylation is 2. The van der Waals surface area contributed by atoms with E-state index >= 15 is 0 Å². The molecule has 4 heteroatoms. The van der Waals surface area contributed by atoms with Crippen molar-refractivity contribution >= 4 is 10.0 Å². The van der Waals surface area contributed by atoms with Gasteiger partial charge in [-0.05, 0) is 62.8 Å². The maximum Gasteiger partial charge on any atom is 0.241 e. The fraction of sp³-hybridized carbons (Fsp3) is 0.600. The lowest BCUT2D eigenvalue weighted by molar-refractivity contribution is 0.476. The standard InChI is InChI=1S/C15H25NO2S/c1-9(2)14(7)16-19(17,18)15-12(5)10(3)8-11(4)13(15)6/h8-9,14,16H,1-7H3/t14-/m1/s1.